The van der Waals surface area contributed by atoms with Gasteiger partial charge in [0.1, 0.15) is 11.4 Å². The molecule has 94 valence electrons. The molecule has 1 saturated heterocycles. The molecule has 1 aliphatic heterocycles. The van der Waals surface area contributed by atoms with Gasteiger partial charge in [0.15, 0.2) is 0 Å². The molecule has 0 radical (unpaired) electrons. The van der Waals surface area contributed by atoms with Crippen LogP contribution >= 0.6 is 0 Å². The lowest BCUT2D eigenvalue weighted by atomic mass is 9.94. The number of carbonyl (C=O) groups excluding carboxylic acids is 1. The van der Waals surface area contributed by atoms with E-state index in [0.717, 1.165) is 13.0 Å². The summed E-state index contributed by atoms with van der Waals surface area (Å²) in [4.78, 5) is 17.4. The van der Waals surface area contributed by atoms with Gasteiger partial charge in [-0.1, -0.05) is 0 Å². The minimum absolute atomic E-state index is 0.0779. The Morgan fingerprint density at radius 3 is 2.82 bits per heavy atom. The highest BCUT2D eigenvalue weighted by Crippen LogP contribution is 2.31. The molecule has 0 unspecified atom stereocenters. The first-order valence-corrected chi connectivity index (χ1v) is 5.99. The van der Waals surface area contributed by atoms with Gasteiger partial charge in [-0.05, 0) is 12.8 Å². The molecular formula is C12H19N3O2. The van der Waals surface area contributed by atoms with Crippen molar-refractivity contribution >= 4 is 5.91 Å². The van der Waals surface area contributed by atoms with E-state index in [-0.39, 0.29) is 5.91 Å². The van der Waals surface area contributed by atoms with Gasteiger partial charge in [0.05, 0.1) is 0 Å². The molecule has 0 aliphatic carbocycles. The average molecular weight is 237 g/mol. The summed E-state index contributed by atoms with van der Waals surface area (Å²) in [7, 11) is 1.88. The highest BCUT2D eigenvalue weighted by molar-refractivity contribution is 5.73. The molecule has 1 N–H and O–H groups in total. The minimum atomic E-state index is -0.900. The zero-order chi connectivity index (χ0) is 12.5. The summed E-state index contributed by atoms with van der Waals surface area (Å²) < 4.78 is 1.85. The number of carbonyl (C=O) groups is 1. The van der Waals surface area contributed by atoms with Gasteiger partial charge >= 0.3 is 0 Å². The van der Waals surface area contributed by atoms with E-state index in [1.54, 1.807) is 18.0 Å². The van der Waals surface area contributed by atoms with Gasteiger partial charge < -0.3 is 14.6 Å². The number of rotatable bonds is 1. The minimum Gasteiger partial charge on any atom is -0.382 e. The number of aryl methyl sites for hydroxylation is 1. The van der Waals surface area contributed by atoms with Crippen molar-refractivity contribution in [3.05, 3.63) is 18.2 Å². The topological polar surface area (TPSA) is 58.4 Å². The maximum absolute atomic E-state index is 11.3. The molecule has 0 bridgehead atoms. The third-order valence-electron chi connectivity index (χ3n) is 3.50. The highest BCUT2D eigenvalue weighted by Gasteiger charge is 2.35. The van der Waals surface area contributed by atoms with Gasteiger partial charge in [-0.25, -0.2) is 4.98 Å². The van der Waals surface area contributed by atoms with E-state index >= 15 is 0 Å². The molecule has 17 heavy (non-hydrogen) atoms. The van der Waals surface area contributed by atoms with Crippen molar-refractivity contribution in [1.29, 1.82) is 0 Å². The van der Waals surface area contributed by atoms with Crippen LogP contribution in [-0.4, -0.2) is 38.6 Å². The van der Waals surface area contributed by atoms with E-state index in [2.05, 4.69) is 4.98 Å². The monoisotopic (exact) mass is 237 g/mol. The lowest BCUT2D eigenvalue weighted by Gasteiger charge is -2.26. The van der Waals surface area contributed by atoms with Crippen LogP contribution in [-0.2, 0) is 17.4 Å². The third-order valence-corrected chi connectivity index (χ3v) is 3.50. The smallest absolute Gasteiger partial charge is 0.219 e. The van der Waals surface area contributed by atoms with Crippen LogP contribution < -0.4 is 0 Å². The van der Waals surface area contributed by atoms with Crippen LogP contribution in [0.1, 0.15) is 32.0 Å². The van der Waals surface area contributed by atoms with Gasteiger partial charge in [-0.2, -0.15) is 0 Å². The molecule has 0 aromatic carbocycles. The molecule has 0 saturated carbocycles. The molecule has 5 heteroatoms. The first-order valence-electron chi connectivity index (χ1n) is 5.99. The first-order chi connectivity index (χ1) is 8.03. The number of hydrogen-bond acceptors (Lipinski definition) is 3. The summed E-state index contributed by atoms with van der Waals surface area (Å²) in [6, 6.07) is 0. The predicted octanol–water partition coefficient (Wildman–Crippen LogP) is 0.640. The fraction of sp³-hybridized carbons (Fsp3) is 0.667. The number of nitrogens with zero attached hydrogens (tertiary/aromatic N) is 3. The zero-order valence-electron chi connectivity index (χ0n) is 10.4. The number of aliphatic hydroxyl groups is 1. The Morgan fingerprint density at radius 2 is 2.24 bits per heavy atom. The fourth-order valence-electron chi connectivity index (χ4n) is 2.47. The molecule has 2 rings (SSSR count). The van der Waals surface area contributed by atoms with Crippen LogP contribution in [0.4, 0.5) is 0 Å². The Balaban J connectivity index is 2.17. The molecule has 0 spiro atoms. The van der Waals surface area contributed by atoms with E-state index in [1.807, 2.05) is 17.8 Å². The number of likely N-dealkylation sites (tertiary alicyclic amines) is 1. The van der Waals surface area contributed by atoms with Gasteiger partial charge in [0.25, 0.3) is 0 Å². The summed E-state index contributed by atoms with van der Waals surface area (Å²) in [5.74, 6) is 0.775. The molecule has 5 nitrogen and oxygen atoms in total. The number of aromatic nitrogens is 2. The Labute approximate surface area is 101 Å². The highest BCUT2D eigenvalue weighted by atomic mass is 16.3. The molecule has 1 amide bonds. The van der Waals surface area contributed by atoms with Crippen LogP contribution in [0.15, 0.2) is 12.4 Å². The van der Waals surface area contributed by atoms with Gasteiger partial charge in [-0.15, -0.1) is 0 Å². The Morgan fingerprint density at radius 1 is 1.47 bits per heavy atom. The zero-order valence-corrected chi connectivity index (χ0v) is 10.4. The van der Waals surface area contributed by atoms with Crippen molar-refractivity contribution in [2.75, 3.05) is 13.1 Å². The first kappa shape index (κ1) is 12.1. The van der Waals surface area contributed by atoms with Crippen LogP contribution in [0.3, 0.4) is 0 Å². The van der Waals surface area contributed by atoms with Crippen molar-refractivity contribution in [3.8, 4) is 0 Å². The van der Waals surface area contributed by atoms with Crippen LogP contribution in [0.25, 0.3) is 0 Å². The quantitative estimate of drug-likeness (QED) is 0.779. The number of imidazole rings is 1. The summed E-state index contributed by atoms with van der Waals surface area (Å²) >= 11 is 0. The lowest BCUT2D eigenvalue weighted by Crippen LogP contribution is -2.33. The third kappa shape index (κ3) is 2.34. The molecule has 1 fully saturated rings. The fourth-order valence-corrected chi connectivity index (χ4v) is 2.47. The van der Waals surface area contributed by atoms with Crippen molar-refractivity contribution < 1.29 is 9.90 Å². The van der Waals surface area contributed by atoms with Crippen molar-refractivity contribution in [3.63, 3.8) is 0 Å². The van der Waals surface area contributed by atoms with E-state index in [1.165, 1.54) is 0 Å². The van der Waals surface area contributed by atoms with Crippen LogP contribution in [0.5, 0.6) is 0 Å². The molecule has 1 aliphatic rings. The van der Waals surface area contributed by atoms with Crippen molar-refractivity contribution in [2.24, 2.45) is 7.05 Å². The Bertz CT molecular complexity index is 416. The summed E-state index contributed by atoms with van der Waals surface area (Å²) in [6.45, 7) is 2.89. The second-order valence-electron chi connectivity index (χ2n) is 4.75. The molecule has 1 atom stereocenters. The van der Waals surface area contributed by atoms with E-state index in [9.17, 15) is 9.90 Å². The Kier molecular flexibility index (Phi) is 3.19. The second kappa shape index (κ2) is 4.49. The van der Waals surface area contributed by atoms with Gasteiger partial charge in [-0.3, -0.25) is 4.79 Å². The van der Waals surface area contributed by atoms with E-state index in [0.29, 0.717) is 25.2 Å². The Hall–Kier alpha value is -1.36. The normalized spacial score (nSPS) is 25.7. The van der Waals surface area contributed by atoms with Crippen molar-refractivity contribution in [2.45, 2.75) is 31.8 Å². The number of amides is 1. The second-order valence-corrected chi connectivity index (χ2v) is 4.75. The summed E-state index contributed by atoms with van der Waals surface area (Å²) in [5, 5.41) is 10.7. The maximum Gasteiger partial charge on any atom is 0.219 e. The molecular weight excluding hydrogens is 218 g/mol. The predicted molar refractivity (Wildman–Crippen MR) is 63.2 cm³/mol. The largest absolute Gasteiger partial charge is 0.382 e. The average Bonchev–Trinajstić information content (AvgIpc) is 2.59. The molecule has 2 heterocycles. The standard InChI is InChI=1S/C12H19N3O2/c1-10(16)15-7-3-4-12(17,5-8-15)11-13-6-9-14(11)2/h6,9,17H,3-5,7-8H2,1-2H3/t12-/m1/s1. The van der Waals surface area contributed by atoms with E-state index < -0.39 is 5.60 Å². The van der Waals surface area contributed by atoms with Gasteiger partial charge in [0.2, 0.25) is 5.91 Å². The summed E-state index contributed by atoms with van der Waals surface area (Å²) in [6.07, 6.45) is 5.55. The SMILES string of the molecule is CC(=O)N1CCC[C@](O)(c2nccn2C)CC1. The molecule has 1 aromatic rings. The lowest BCUT2D eigenvalue weighted by molar-refractivity contribution is -0.128. The van der Waals surface area contributed by atoms with Crippen molar-refractivity contribution in [1.82, 2.24) is 14.5 Å². The van der Waals surface area contributed by atoms with Crippen LogP contribution in [0.2, 0.25) is 0 Å². The van der Waals surface area contributed by atoms with Gasteiger partial charge in [0, 0.05) is 45.9 Å². The molecule has 1 aromatic heterocycles. The summed E-state index contributed by atoms with van der Waals surface area (Å²) in [5.41, 5.74) is -0.900. The maximum atomic E-state index is 11.3. The van der Waals surface area contributed by atoms with Crippen LogP contribution in [0, 0.1) is 0 Å². The van der Waals surface area contributed by atoms with E-state index in [4.69, 9.17) is 0 Å². The number of hydrogen-bond donors (Lipinski definition) is 1.